The first-order valence-electron chi connectivity index (χ1n) is 11.7. The number of ether oxygens (including phenoxy) is 1. The summed E-state index contributed by atoms with van der Waals surface area (Å²) in [5, 5.41) is 7.56. The van der Waals surface area contributed by atoms with E-state index in [0.29, 0.717) is 44.8 Å². The number of hydrogen-bond donors (Lipinski definition) is 0. The summed E-state index contributed by atoms with van der Waals surface area (Å²) in [6, 6.07) is 9.28. The van der Waals surface area contributed by atoms with Crippen molar-refractivity contribution in [1.82, 2.24) is 20.0 Å². The van der Waals surface area contributed by atoms with E-state index in [4.69, 9.17) is 4.74 Å². The molecule has 7 nitrogen and oxygen atoms in total. The molecule has 1 aromatic heterocycles. The van der Waals surface area contributed by atoms with Crippen molar-refractivity contribution < 1.29 is 14.3 Å². The minimum Gasteiger partial charge on any atom is -0.494 e. The molecule has 7 heteroatoms. The number of benzene rings is 1. The summed E-state index contributed by atoms with van der Waals surface area (Å²) in [4.78, 5) is 29.2. The molecule has 1 aliphatic heterocycles. The van der Waals surface area contributed by atoms with Gasteiger partial charge in [-0.2, -0.15) is 10.2 Å². The maximum atomic E-state index is 13.0. The number of amides is 2. The molecule has 0 N–H and O–H groups in total. The van der Waals surface area contributed by atoms with Gasteiger partial charge in [0.05, 0.1) is 19.2 Å². The van der Waals surface area contributed by atoms with Gasteiger partial charge in [0.2, 0.25) is 5.91 Å². The summed E-state index contributed by atoms with van der Waals surface area (Å²) in [6.07, 6.45) is 11.3. The average molecular weight is 437 g/mol. The molecule has 1 saturated carbocycles. The van der Waals surface area contributed by atoms with Crippen LogP contribution >= 0.6 is 0 Å². The molecule has 1 saturated heterocycles. The molecule has 2 aromatic rings. The molecular formula is C25H32N4O3. The fraction of sp³-hybridized carbons (Fsp3) is 0.520. The summed E-state index contributed by atoms with van der Waals surface area (Å²) in [7, 11) is 0. The van der Waals surface area contributed by atoms with Crippen molar-refractivity contribution in [3.63, 3.8) is 0 Å². The largest absolute Gasteiger partial charge is 0.494 e. The Bertz CT molecular complexity index is 891. The summed E-state index contributed by atoms with van der Waals surface area (Å²) in [5.41, 5.74) is 1.49. The van der Waals surface area contributed by atoms with Crippen LogP contribution in [0.2, 0.25) is 0 Å². The third kappa shape index (κ3) is 6.05. The van der Waals surface area contributed by atoms with Crippen LogP contribution in [0, 0.1) is 5.92 Å². The van der Waals surface area contributed by atoms with Crippen molar-refractivity contribution in [3.8, 4) is 5.75 Å². The first-order chi connectivity index (χ1) is 15.7. The van der Waals surface area contributed by atoms with Gasteiger partial charge in [0.15, 0.2) is 0 Å². The quantitative estimate of drug-likeness (QED) is 0.665. The van der Waals surface area contributed by atoms with Gasteiger partial charge in [0.1, 0.15) is 5.75 Å². The van der Waals surface area contributed by atoms with Gasteiger partial charge >= 0.3 is 0 Å². The van der Waals surface area contributed by atoms with Gasteiger partial charge in [-0.3, -0.25) is 9.59 Å². The molecule has 0 radical (unpaired) electrons. The number of nitrogens with zero attached hydrogens (tertiary/aromatic N) is 4. The number of aromatic nitrogens is 2. The average Bonchev–Trinajstić information content (AvgIpc) is 2.85. The number of carbonyl (C=O) groups excluding carboxylic acids is 2. The van der Waals surface area contributed by atoms with E-state index in [0.717, 1.165) is 23.7 Å². The van der Waals surface area contributed by atoms with Crippen molar-refractivity contribution in [2.75, 3.05) is 32.8 Å². The first-order valence-corrected chi connectivity index (χ1v) is 11.7. The predicted molar refractivity (Wildman–Crippen MR) is 121 cm³/mol. The summed E-state index contributed by atoms with van der Waals surface area (Å²) < 4.78 is 5.96. The van der Waals surface area contributed by atoms with Gasteiger partial charge in [0, 0.05) is 37.9 Å². The Labute approximate surface area is 189 Å². The third-order valence-corrected chi connectivity index (χ3v) is 6.52. The number of piperazine rings is 1. The maximum absolute atomic E-state index is 13.0. The van der Waals surface area contributed by atoms with Crippen molar-refractivity contribution in [1.29, 1.82) is 0 Å². The maximum Gasteiger partial charge on any atom is 0.254 e. The molecule has 0 unspecified atom stereocenters. The molecule has 170 valence electrons. The first kappa shape index (κ1) is 22.2. The Balaban J connectivity index is 1.24. The standard InChI is InChI=1S/C25H32N4O3/c30-24(17-21-9-11-26-27-19-21)28-12-14-29(15-13-28)25(31)22-7-4-8-23(18-22)32-16-10-20-5-2-1-3-6-20/h4,7-9,11,18-20H,1-3,5-6,10,12-17H2. The smallest absolute Gasteiger partial charge is 0.254 e. The molecule has 0 spiro atoms. The molecular weight excluding hydrogens is 404 g/mol. The van der Waals surface area contributed by atoms with Crippen LogP contribution in [0.1, 0.15) is 54.4 Å². The van der Waals surface area contributed by atoms with Crippen LogP contribution in [0.5, 0.6) is 5.75 Å². The third-order valence-electron chi connectivity index (χ3n) is 6.52. The lowest BCUT2D eigenvalue weighted by atomic mass is 9.87. The van der Waals surface area contributed by atoms with E-state index in [-0.39, 0.29) is 11.8 Å². The summed E-state index contributed by atoms with van der Waals surface area (Å²) >= 11 is 0. The molecule has 1 aliphatic carbocycles. The predicted octanol–water partition coefficient (Wildman–Crippen LogP) is 3.35. The highest BCUT2D eigenvalue weighted by molar-refractivity contribution is 5.94. The van der Waals surface area contributed by atoms with Crippen molar-refractivity contribution in [2.45, 2.75) is 44.9 Å². The highest BCUT2D eigenvalue weighted by Crippen LogP contribution is 2.26. The van der Waals surface area contributed by atoms with Crippen molar-refractivity contribution in [2.24, 2.45) is 5.92 Å². The van der Waals surface area contributed by atoms with Crippen LogP contribution in [0.4, 0.5) is 0 Å². The van der Waals surface area contributed by atoms with E-state index in [1.807, 2.05) is 34.1 Å². The number of hydrogen-bond acceptors (Lipinski definition) is 5. The number of rotatable bonds is 7. The second-order valence-electron chi connectivity index (χ2n) is 8.77. The number of carbonyl (C=O) groups is 2. The molecule has 32 heavy (non-hydrogen) atoms. The van der Waals surface area contributed by atoms with Crippen molar-refractivity contribution in [3.05, 3.63) is 53.9 Å². The van der Waals surface area contributed by atoms with E-state index in [1.165, 1.54) is 32.1 Å². The lowest BCUT2D eigenvalue weighted by Crippen LogP contribution is -2.51. The fourth-order valence-corrected chi connectivity index (χ4v) is 4.59. The van der Waals surface area contributed by atoms with Gasteiger partial charge in [-0.05, 0) is 42.2 Å². The fourth-order valence-electron chi connectivity index (χ4n) is 4.59. The molecule has 0 bridgehead atoms. The van der Waals surface area contributed by atoms with Gasteiger partial charge in [-0.25, -0.2) is 0 Å². The molecule has 2 fully saturated rings. The Morgan fingerprint density at radius 1 is 0.969 bits per heavy atom. The lowest BCUT2D eigenvalue weighted by molar-refractivity contribution is -0.131. The zero-order valence-corrected chi connectivity index (χ0v) is 18.6. The van der Waals surface area contributed by atoms with Crippen LogP contribution in [0.3, 0.4) is 0 Å². The zero-order valence-electron chi connectivity index (χ0n) is 18.6. The minimum absolute atomic E-state index is 0.00633. The Morgan fingerprint density at radius 3 is 2.50 bits per heavy atom. The molecule has 2 heterocycles. The Kier molecular flexibility index (Phi) is 7.69. The van der Waals surface area contributed by atoms with Crippen LogP contribution in [-0.4, -0.2) is 64.6 Å². The van der Waals surface area contributed by atoms with E-state index in [2.05, 4.69) is 10.2 Å². The normalized spacial score (nSPS) is 17.2. The zero-order chi connectivity index (χ0) is 22.2. The monoisotopic (exact) mass is 436 g/mol. The highest BCUT2D eigenvalue weighted by atomic mass is 16.5. The molecule has 0 atom stereocenters. The van der Waals surface area contributed by atoms with E-state index in [9.17, 15) is 9.59 Å². The summed E-state index contributed by atoms with van der Waals surface area (Å²) in [6.45, 7) is 2.86. The van der Waals surface area contributed by atoms with Gasteiger partial charge in [-0.1, -0.05) is 38.2 Å². The Morgan fingerprint density at radius 2 is 1.75 bits per heavy atom. The molecule has 1 aromatic carbocycles. The lowest BCUT2D eigenvalue weighted by Gasteiger charge is -2.35. The van der Waals surface area contributed by atoms with Gasteiger partial charge in [0.25, 0.3) is 5.91 Å². The van der Waals surface area contributed by atoms with E-state index in [1.54, 1.807) is 18.5 Å². The van der Waals surface area contributed by atoms with E-state index >= 15 is 0 Å². The molecule has 2 aliphatic rings. The minimum atomic E-state index is -0.00633. The van der Waals surface area contributed by atoms with E-state index < -0.39 is 0 Å². The summed E-state index contributed by atoms with van der Waals surface area (Å²) in [5.74, 6) is 1.58. The molecule has 2 amide bonds. The van der Waals surface area contributed by atoms with Gasteiger partial charge in [-0.15, -0.1) is 0 Å². The van der Waals surface area contributed by atoms with Gasteiger partial charge < -0.3 is 14.5 Å². The van der Waals surface area contributed by atoms with Crippen LogP contribution < -0.4 is 4.74 Å². The van der Waals surface area contributed by atoms with Crippen LogP contribution in [0.15, 0.2) is 42.7 Å². The topological polar surface area (TPSA) is 75.6 Å². The highest BCUT2D eigenvalue weighted by Gasteiger charge is 2.25. The van der Waals surface area contributed by atoms with Crippen molar-refractivity contribution >= 4 is 11.8 Å². The second kappa shape index (κ2) is 11.1. The molecule has 4 rings (SSSR count). The SMILES string of the molecule is O=C(Cc1ccnnc1)N1CCN(C(=O)c2cccc(OCCC3CCCCC3)c2)CC1. The second-order valence-corrected chi connectivity index (χ2v) is 8.77. The van der Waals surface area contributed by atoms with Crippen LogP contribution in [0.25, 0.3) is 0 Å². The Hall–Kier alpha value is -2.96. The van der Waals surface area contributed by atoms with Crippen LogP contribution in [-0.2, 0) is 11.2 Å².